The van der Waals surface area contributed by atoms with E-state index >= 15 is 0 Å². The summed E-state index contributed by atoms with van der Waals surface area (Å²) in [6, 6.07) is 0. The average Bonchev–Trinajstić information content (AvgIpc) is 2.82. The highest BCUT2D eigenvalue weighted by Gasteiger charge is 2.33. The molecule has 4 heteroatoms. The van der Waals surface area contributed by atoms with Crippen LogP contribution in [0.5, 0.6) is 0 Å². The van der Waals surface area contributed by atoms with Crippen LogP contribution in [-0.2, 0) is 9.53 Å². The number of ether oxygens (including phenoxy) is 1. The molecule has 1 N–H and O–H groups in total. The van der Waals surface area contributed by atoms with Gasteiger partial charge in [-0.05, 0) is 65.1 Å². The Balaban J connectivity index is 2.41. The molecule has 2 unspecified atom stereocenters. The van der Waals surface area contributed by atoms with Gasteiger partial charge in [0.25, 0.3) is 0 Å². The van der Waals surface area contributed by atoms with Crippen molar-refractivity contribution in [2.24, 2.45) is 5.92 Å². The summed E-state index contributed by atoms with van der Waals surface area (Å²) in [5, 5.41) is 3.37. The fourth-order valence-electron chi connectivity index (χ4n) is 2.84. The second-order valence-electron chi connectivity index (χ2n) is 6.28. The van der Waals surface area contributed by atoms with Crippen LogP contribution in [0, 0.1) is 5.92 Å². The van der Waals surface area contributed by atoms with Gasteiger partial charge in [0.15, 0.2) is 0 Å². The van der Waals surface area contributed by atoms with Crippen molar-refractivity contribution in [2.75, 3.05) is 32.8 Å². The summed E-state index contributed by atoms with van der Waals surface area (Å²) in [5.74, 6) is 0.716. The summed E-state index contributed by atoms with van der Waals surface area (Å²) >= 11 is 0. The first-order chi connectivity index (χ1) is 9.51. The molecule has 0 aromatic heterocycles. The average molecular weight is 284 g/mol. The molecule has 1 heterocycles. The third-order valence-electron chi connectivity index (χ3n) is 4.15. The molecule has 0 spiro atoms. The van der Waals surface area contributed by atoms with Gasteiger partial charge in [-0.3, -0.25) is 4.79 Å². The van der Waals surface area contributed by atoms with Gasteiger partial charge in [0, 0.05) is 6.54 Å². The van der Waals surface area contributed by atoms with E-state index in [0.717, 1.165) is 38.3 Å². The van der Waals surface area contributed by atoms with Crippen molar-refractivity contribution in [1.82, 2.24) is 10.2 Å². The van der Waals surface area contributed by atoms with Gasteiger partial charge in [-0.25, -0.2) is 0 Å². The summed E-state index contributed by atoms with van der Waals surface area (Å²) in [7, 11) is 0. The first-order valence-corrected chi connectivity index (χ1v) is 8.16. The normalized spacial score (nSPS) is 22.7. The molecule has 0 aliphatic carbocycles. The van der Waals surface area contributed by atoms with Crippen LogP contribution in [-0.4, -0.2) is 49.2 Å². The molecule has 2 atom stereocenters. The third kappa shape index (κ3) is 5.41. The van der Waals surface area contributed by atoms with Crippen molar-refractivity contribution < 1.29 is 9.53 Å². The second kappa shape index (κ2) is 8.63. The second-order valence-corrected chi connectivity index (χ2v) is 6.28. The van der Waals surface area contributed by atoms with Gasteiger partial charge in [-0.15, -0.1) is 0 Å². The predicted octanol–water partition coefficient (Wildman–Crippen LogP) is 2.43. The van der Waals surface area contributed by atoms with E-state index in [0.29, 0.717) is 6.61 Å². The molecule has 1 saturated heterocycles. The van der Waals surface area contributed by atoms with Crippen molar-refractivity contribution in [3.05, 3.63) is 0 Å². The van der Waals surface area contributed by atoms with E-state index in [2.05, 4.69) is 24.1 Å². The van der Waals surface area contributed by atoms with Gasteiger partial charge in [0.05, 0.1) is 6.61 Å². The predicted molar refractivity (Wildman–Crippen MR) is 82.8 cm³/mol. The zero-order valence-electron chi connectivity index (χ0n) is 13.7. The Hall–Kier alpha value is -0.610. The number of hydrogen-bond donors (Lipinski definition) is 1. The van der Waals surface area contributed by atoms with Crippen LogP contribution in [0.2, 0.25) is 0 Å². The summed E-state index contributed by atoms with van der Waals surface area (Å²) in [4.78, 5) is 14.7. The number of nitrogens with zero attached hydrogens (tertiary/aromatic N) is 1. The third-order valence-corrected chi connectivity index (χ3v) is 4.15. The van der Waals surface area contributed by atoms with Crippen LogP contribution in [0.3, 0.4) is 0 Å². The van der Waals surface area contributed by atoms with Gasteiger partial charge >= 0.3 is 5.97 Å². The van der Waals surface area contributed by atoms with Crippen LogP contribution >= 0.6 is 0 Å². The molecule has 0 amide bonds. The molecule has 1 aliphatic heterocycles. The molecule has 20 heavy (non-hydrogen) atoms. The summed E-state index contributed by atoms with van der Waals surface area (Å²) in [6.07, 6.45) is 4.22. The molecule has 4 nitrogen and oxygen atoms in total. The molecule has 0 radical (unpaired) electrons. The number of nitrogens with one attached hydrogen (secondary N) is 1. The highest BCUT2D eigenvalue weighted by molar-refractivity contribution is 5.80. The Kier molecular flexibility index (Phi) is 7.52. The van der Waals surface area contributed by atoms with E-state index in [1.54, 1.807) is 0 Å². The Labute approximate surface area is 124 Å². The van der Waals surface area contributed by atoms with Crippen LogP contribution in [0.15, 0.2) is 0 Å². The maximum absolute atomic E-state index is 12.2. The highest BCUT2D eigenvalue weighted by atomic mass is 16.5. The summed E-state index contributed by atoms with van der Waals surface area (Å²) in [5.41, 5.74) is -0.530. The monoisotopic (exact) mass is 284 g/mol. The van der Waals surface area contributed by atoms with Crippen molar-refractivity contribution in [2.45, 2.75) is 58.9 Å². The van der Waals surface area contributed by atoms with Gasteiger partial charge in [0.1, 0.15) is 5.54 Å². The highest BCUT2D eigenvalue weighted by Crippen LogP contribution is 2.19. The smallest absolute Gasteiger partial charge is 0.326 e. The first kappa shape index (κ1) is 17.4. The lowest BCUT2D eigenvalue weighted by molar-refractivity contribution is -0.150. The fraction of sp³-hybridized carbons (Fsp3) is 0.938. The minimum atomic E-state index is -0.530. The van der Waals surface area contributed by atoms with E-state index in [1.807, 2.05) is 13.8 Å². The van der Waals surface area contributed by atoms with Crippen LogP contribution < -0.4 is 5.32 Å². The Morgan fingerprint density at radius 3 is 2.75 bits per heavy atom. The minimum Gasteiger partial charge on any atom is -0.465 e. The molecule has 118 valence electrons. The number of carbonyl (C=O) groups is 1. The number of hydrogen-bond acceptors (Lipinski definition) is 4. The lowest BCUT2D eigenvalue weighted by Crippen LogP contribution is -2.51. The molecule has 0 aromatic carbocycles. The number of carbonyl (C=O) groups excluding carboxylic acids is 1. The van der Waals surface area contributed by atoms with E-state index in [1.165, 1.54) is 19.5 Å². The Bertz CT molecular complexity index is 296. The zero-order valence-corrected chi connectivity index (χ0v) is 13.7. The molecule has 0 aromatic rings. The molecule has 0 bridgehead atoms. The van der Waals surface area contributed by atoms with E-state index < -0.39 is 5.54 Å². The maximum Gasteiger partial charge on any atom is 0.326 e. The lowest BCUT2D eigenvalue weighted by Gasteiger charge is -2.29. The lowest BCUT2D eigenvalue weighted by atomic mass is 9.95. The first-order valence-electron chi connectivity index (χ1n) is 8.16. The number of rotatable bonds is 9. The van der Waals surface area contributed by atoms with Crippen molar-refractivity contribution in [3.63, 3.8) is 0 Å². The SMILES string of the molecule is CCCNC(C)(CCCN1CCC(C)C1)C(=O)OCC. The van der Waals surface area contributed by atoms with Gasteiger partial charge < -0.3 is 15.0 Å². The topological polar surface area (TPSA) is 41.6 Å². The van der Waals surface area contributed by atoms with Crippen LogP contribution in [0.4, 0.5) is 0 Å². The molecular formula is C16H32N2O2. The number of esters is 1. The molecule has 1 fully saturated rings. The standard InChI is InChI=1S/C16H32N2O2/c1-5-10-17-16(4,15(19)20-6-2)9-7-11-18-12-8-14(3)13-18/h14,17H,5-13H2,1-4H3. The maximum atomic E-state index is 12.2. The Morgan fingerprint density at radius 1 is 1.45 bits per heavy atom. The number of likely N-dealkylation sites (tertiary alicyclic amines) is 1. The summed E-state index contributed by atoms with van der Waals surface area (Å²) in [6.45, 7) is 13.1. The zero-order chi connectivity index (χ0) is 15.0. The van der Waals surface area contributed by atoms with E-state index in [9.17, 15) is 4.79 Å². The van der Waals surface area contributed by atoms with Crippen molar-refractivity contribution >= 4 is 5.97 Å². The van der Waals surface area contributed by atoms with Gasteiger partial charge in [-0.2, -0.15) is 0 Å². The molecular weight excluding hydrogens is 252 g/mol. The largest absolute Gasteiger partial charge is 0.465 e. The molecule has 1 rings (SSSR count). The van der Waals surface area contributed by atoms with Gasteiger partial charge in [-0.1, -0.05) is 13.8 Å². The molecule has 1 aliphatic rings. The van der Waals surface area contributed by atoms with E-state index in [4.69, 9.17) is 4.74 Å². The fourth-order valence-corrected chi connectivity index (χ4v) is 2.84. The van der Waals surface area contributed by atoms with Crippen LogP contribution in [0.25, 0.3) is 0 Å². The van der Waals surface area contributed by atoms with Gasteiger partial charge in [0.2, 0.25) is 0 Å². The van der Waals surface area contributed by atoms with Crippen molar-refractivity contribution in [1.29, 1.82) is 0 Å². The van der Waals surface area contributed by atoms with Crippen molar-refractivity contribution in [3.8, 4) is 0 Å². The quantitative estimate of drug-likeness (QED) is 0.660. The summed E-state index contributed by atoms with van der Waals surface area (Å²) < 4.78 is 5.23. The minimum absolute atomic E-state index is 0.108. The Morgan fingerprint density at radius 2 is 2.20 bits per heavy atom. The van der Waals surface area contributed by atoms with E-state index in [-0.39, 0.29) is 5.97 Å². The molecule has 0 saturated carbocycles. The van der Waals surface area contributed by atoms with Crippen LogP contribution in [0.1, 0.15) is 53.4 Å².